The average Bonchev–Trinajstić information content (AvgIpc) is 2.38. The van der Waals surface area contributed by atoms with Crippen molar-refractivity contribution in [2.24, 2.45) is 0 Å². The van der Waals surface area contributed by atoms with Gasteiger partial charge in [0.05, 0.1) is 0 Å². The van der Waals surface area contributed by atoms with Crippen molar-refractivity contribution in [3.05, 3.63) is 36.3 Å². The van der Waals surface area contributed by atoms with Crippen molar-refractivity contribution in [1.82, 2.24) is 0 Å². The molecule has 1 aliphatic rings. The third-order valence-corrected chi connectivity index (χ3v) is 4.26. The van der Waals surface area contributed by atoms with E-state index in [1.807, 2.05) is 33.7 Å². The summed E-state index contributed by atoms with van der Waals surface area (Å²) in [7, 11) is 3.79. The van der Waals surface area contributed by atoms with Gasteiger partial charge in [-0.15, -0.1) is 13.2 Å². The predicted molar refractivity (Wildman–Crippen MR) is 56.7 cm³/mol. The largest absolute Gasteiger partial charge is 0.103 e. The maximum atomic E-state index is 3.72. The maximum absolute atomic E-state index is 3.72. The van der Waals surface area contributed by atoms with E-state index in [-0.39, 0.29) is 0 Å². The fraction of sp³-hybridized carbons (Fsp3) is 0.333. The first-order valence-electron chi connectivity index (χ1n) is 3.62. The van der Waals surface area contributed by atoms with Gasteiger partial charge in [-0.05, 0) is 17.7 Å². The summed E-state index contributed by atoms with van der Waals surface area (Å²) < 4.78 is 0. The Morgan fingerprint density at radius 2 is 2.27 bits per heavy atom. The Labute approximate surface area is 76.2 Å². The van der Waals surface area contributed by atoms with E-state index in [1.165, 1.54) is 4.91 Å². The number of allylic oxidation sites excluding steroid dienone is 3. The molecule has 1 atom stereocenters. The molecule has 0 amide bonds. The van der Waals surface area contributed by atoms with Gasteiger partial charge in [0.1, 0.15) is 0 Å². The van der Waals surface area contributed by atoms with Gasteiger partial charge in [0.2, 0.25) is 0 Å². The van der Waals surface area contributed by atoms with Crippen molar-refractivity contribution in [2.75, 3.05) is 0 Å². The predicted octanol–water partition coefficient (Wildman–Crippen LogP) is 3.79. The molecule has 0 aromatic carbocycles. The topological polar surface area (TPSA) is 0 Å². The van der Waals surface area contributed by atoms with Gasteiger partial charge in [-0.1, -0.05) is 39.8 Å². The molecule has 1 rings (SSSR count). The molecule has 1 unspecified atom stereocenters. The van der Waals surface area contributed by atoms with Gasteiger partial charge in [-0.2, -0.15) is 0 Å². The van der Waals surface area contributed by atoms with E-state index in [2.05, 4.69) is 19.2 Å². The molecule has 0 fully saturated rings. The van der Waals surface area contributed by atoms with Crippen LogP contribution in [0, 0.1) is 0 Å². The minimum absolute atomic E-state index is 0.646. The Balaban J connectivity index is 2.39. The number of hydrogen-bond donors (Lipinski definition) is 0. The van der Waals surface area contributed by atoms with E-state index in [1.54, 1.807) is 0 Å². The third-order valence-electron chi connectivity index (χ3n) is 1.40. The zero-order valence-electron chi connectivity index (χ0n) is 6.45. The standard InChI is InChI=1S/C9H12S2/c1-3-5-8-7-9(6-4-2)11-10-8/h3-4,7-8H,1-2,5-6H2. The van der Waals surface area contributed by atoms with Gasteiger partial charge in [0.25, 0.3) is 0 Å². The highest BCUT2D eigenvalue weighted by atomic mass is 33.1. The molecule has 0 aromatic heterocycles. The van der Waals surface area contributed by atoms with Crippen LogP contribution >= 0.6 is 21.6 Å². The van der Waals surface area contributed by atoms with Gasteiger partial charge in [-0.3, -0.25) is 0 Å². The van der Waals surface area contributed by atoms with Crippen LogP contribution in [0.25, 0.3) is 0 Å². The van der Waals surface area contributed by atoms with E-state index in [0.29, 0.717) is 5.25 Å². The van der Waals surface area contributed by atoms with Gasteiger partial charge in [0, 0.05) is 5.25 Å². The van der Waals surface area contributed by atoms with E-state index < -0.39 is 0 Å². The zero-order valence-corrected chi connectivity index (χ0v) is 8.09. The summed E-state index contributed by atoms with van der Waals surface area (Å²) in [5.41, 5.74) is 0. The van der Waals surface area contributed by atoms with Gasteiger partial charge >= 0.3 is 0 Å². The van der Waals surface area contributed by atoms with Crippen LogP contribution < -0.4 is 0 Å². The van der Waals surface area contributed by atoms with Crippen molar-refractivity contribution in [3.8, 4) is 0 Å². The summed E-state index contributed by atoms with van der Waals surface area (Å²) in [6.07, 6.45) is 8.35. The molecule has 0 aliphatic carbocycles. The fourth-order valence-corrected chi connectivity index (χ4v) is 3.59. The monoisotopic (exact) mass is 184 g/mol. The number of rotatable bonds is 4. The molecule has 60 valence electrons. The summed E-state index contributed by atoms with van der Waals surface area (Å²) in [6, 6.07) is 0. The van der Waals surface area contributed by atoms with Crippen LogP contribution in [0.4, 0.5) is 0 Å². The summed E-state index contributed by atoms with van der Waals surface area (Å²) in [5.74, 6) is 0. The summed E-state index contributed by atoms with van der Waals surface area (Å²) in [5, 5.41) is 0.646. The van der Waals surface area contributed by atoms with Gasteiger partial charge in [0.15, 0.2) is 0 Å². The maximum Gasteiger partial charge on any atom is 0.0379 e. The van der Waals surface area contributed by atoms with Crippen molar-refractivity contribution >= 4 is 21.6 Å². The Morgan fingerprint density at radius 3 is 2.91 bits per heavy atom. The molecule has 0 bridgehead atoms. The molecule has 0 saturated heterocycles. The lowest BCUT2D eigenvalue weighted by Crippen LogP contribution is -1.88. The van der Waals surface area contributed by atoms with Crippen molar-refractivity contribution < 1.29 is 0 Å². The van der Waals surface area contributed by atoms with E-state index >= 15 is 0 Å². The Hall–Kier alpha value is -0.0800. The fourth-order valence-electron chi connectivity index (χ4n) is 0.902. The minimum Gasteiger partial charge on any atom is -0.103 e. The summed E-state index contributed by atoms with van der Waals surface area (Å²) in [6.45, 7) is 7.43. The van der Waals surface area contributed by atoms with Crippen LogP contribution in [-0.4, -0.2) is 5.25 Å². The van der Waals surface area contributed by atoms with Crippen LogP contribution in [0.3, 0.4) is 0 Å². The van der Waals surface area contributed by atoms with Crippen molar-refractivity contribution in [2.45, 2.75) is 18.1 Å². The molecule has 0 N–H and O–H groups in total. The van der Waals surface area contributed by atoms with Gasteiger partial charge in [-0.25, -0.2) is 0 Å². The normalized spacial score (nSPS) is 22.9. The SMILES string of the molecule is C=CCC1=CC(CC=C)SS1. The molecule has 0 aromatic rings. The average molecular weight is 184 g/mol. The van der Waals surface area contributed by atoms with Crippen molar-refractivity contribution in [1.29, 1.82) is 0 Å². The molecule has 2 heteroatoms. The van der Waals surface area contributed by atoms with Gasteiger partial charge < -0.3 is 0 Å². The first-order chi connectivity index (χ1) is 5.36. The first kappa shape index (κ1) is 9.01. The third kappa shape index (κ3) is 2.80. The van der Waals surface area contributed by atoms with Crippen LogP contribution in [0.1, 0.15) is 12.8 Å². The zero-order chi connectivity index (χ0) is 8.10. The minimum atomic E-state index is 0.646. The highest BCUT2D eigenvalue weighted by Crippen LogP contribution is 2.44. The molecular formula is C9H12S2. The second-order valence-corrected chi connectivity index (χ2v) is 4.93. The molecule has 1 heterocycles. The first-order valence-corrected chi connectivity index (χ1v) is 5.84. The lowest BCUT2D eigenvalue weighted by molar-refractivity contribution is 1.08. The quantitative estimate of drug-likeness (QED) is 0.481. The van der Waals surface area contributed by atoms with Crippen LogP contribution in [0.5, 0.6) is 0 Å². The lowest BCUT2D eigenvalue weighted by atomic mass is 10.2. The second kappa shape index (κ2) is 4.73. The van der Waals surface area contributed by atoms with E-state index in [0.717, 1.165) is 12.8 Å². The Bertz CT molecular complexity index is 182. The van der Waals surface area contributed by atoms with Crippen LogP contribution in [0.2, 0.25) is 0 Å². The molecule has 0 nitrogen and oxygen atoms in total. The number of hydrogen-bond acceptors (Lipinski definition) is 2. The summed E-state index contributed by atoms with van der Waals surface area (Å²) in [4.78, 5) is 1.44. The van der Waals surface area contributed by atoms with E-state index in [4.69, 9.17) is 0 Å². The van der Waals surface area contributed by atoms with Crippen molar-refractivity contribution in [3.63, 3.8) is 0 Å². The molecule has 0 saturated carbocycles. The van der Waals surface area contributed by atoms with Crippen LogP contribution in [-0.2, 0) is 0 Å². The molecular weight excluding hydrogens is 172 g/mol. The highest BCUT2D eigenvalue weighted by Gasteiger charge is 2.14. The molecule has 1 aliphatic heterocycles. The Morgan fingerprint density at radius 1 is 1.45 bits per heavy atom. The Kier molecular flexibility index (Phi) is 3.87. The van der Waals surface area contributed by atoms with Crippen LogP contribution in [0.15, 0.2) is 36.3 Å². The highest BCUT2D eigenvalue weighted by molar-refractivity contribution is 8.78. The van der Waals surface area contributed by atoms with E-state index in [9.17, 15) is 0 Å². The smallest absolute Gasteiger partial charge is 0.0379 e. The molecule has 11 heavy (non-hydrogen) atoms. The second-order valence-electron chi connectivity index (χ2n) is 2.37. The lowest BCUT2D eigenvalue weighted by Gasteiger charge is -1.97. The summed E-state index contributed by atoms with van der Waals surface area (Å²) >= 11 is 0. The molecule has 0 spiro atoms. The molecule has 0 radical (unpaired) electrons.